The lowest BCUT2D eigenvalue weighted by atomic mass is 9.99. The van der Waals surface area contributed by atoms with Crippen LogP contribution in [-0.4, -0.2) is 23.9 Å². The second-order valence-electron chi connectivity index (χ2n) is 5.36. The lowest BCUT2D eigenvalue weighted by Gasteiger charge is -2.19. The van der Waals surface area contributed by atoms with E-state index < -0.39 is 5.41 Å². The predicted octanol–water partition coefficient (Wildman–Crippen LogP) is 3.07. The summed E-state index contributed by atoms with van der Waals surface area (Å²) in [6.07, 6.45) is 2.78. The first-order chi connectivity index (χ1) is 9.19. The molecule has 0 radical (unpaired) electrons. The van der Waals surface area contributed by atoms with Crippen LogP contribution in [0.25, 0.3) is 0 Å². The number of carbonyl (C=O) groups is 1. The summed E-state index contributed by atoms with van der Waals surface area (Å²) >= 11 is 3.52. The molecule has 1 aliphatic heterocycles. The molecule has 0 spiro atoms. The van der Waals surface area contributed by atoms with Crippen molar-refractivity contribution in [3.63, 3.8) is 0 Å². The zero-order valence-electron chi connectivity index (χ0n) is 10.6. The van der Waals surface area contributed by atoms with Gasteiger partial charge in [-0.05, 0) is 30.9 Å². The van der Waals surface area contributed by atoms with Gasteiger partial charge < -0.3 is 4.90 Å². The van der Waals surface area contributed by atoms with Crippen LogP contribution in [0.3, 0.4) is 0 Å². The molecule has 0 unspecified atom stereocenters. The minimum Gasteiger partial charge on any atom is -0.341 e. The second kappa shape index (κ2) is 4.64. The van der Waals surface area contributed by atoms with Crippen LogP contribution in [0.4, 0.5) is 0 Å². The fourth-order valence-corrected chi connectivity index (χ4v) is 3.57. The van der Waals surface area contributed by atoms with E-state index in [1.165, 1.54) is 0 Å². The summed E-state index contributed by atoms with van der Waals surface area (Å²) in [4.78, 5) is 14.4. The average molecular weight is 319 g/mol. The van der Waals surface area contributed by atoms with Crippen LogP contribution in [0.15, 0.2) is 28.7 Å². The molecule has 2 fully saturated rings. The number of rotatable bonds is 2. The number of nitriles is 1. The van der Waals surface area contributed by atoms with Gasteiger partial charge in [0.2, 0.25) is 5.91 Å². The maximum absolute atomic E-state index is 12.5. The van der Waals surface area contributed by atoms with Gasteiger partial charge in [0.1, 0.15) is 5.41 Å². The first-order valence-electron chi connectivity index (χ1n) is 6.64. The molecule has 1 saturated carbocycles. The molecule has 1 aliphatic carbocycles. The maximum atomic E-state index is 12.5. The number of hydrogen-bond acceptors (Lipinski definition) is 2. The lowest BCUT2D eigenvalue weighted by molar-refractivity contribution is -0.134. The number of carbonyl (C=O) groups excluding carboxylic acids is 1. The van der Waals surface area contributed by atoms with E-state index in [4.69, 9.17) is 0 Å². The molecule has 19 heavy (non-hydrogen) atoms. The number of halogens is 1. The minimum atomic E-state index is -0.811. The molecule has 1 amide bonds. The Hall–Kier alpha value is -1.34. The largest absolute Gasteiger partial charge is 0.341 e. The molecule has 1 heterocycles. The number of likely N-dealkylation sites (tertiary alicyclic amines) is 1. The van der Waals surface area contributed by atoms with Gasteiger partial charge in [0, 0.05) is 23.5 Å². The Morgan fingerprint density at radius 3 is 2.68 bits per heavy atom. The van der Waals surface area contributed by atoms with Crippen molar-refractivity contribution in [3.8, 4) is 6.07 Å². The first kappa shape index (κ1) is 12.7. The molecule has 0 bridgehead atoms. The van der Waals surface area contributed by atoms with E-state index in [0.717, 1.165) is 36.0 Å². The quantitative estimate of drug-likeness (QED) is 0.841. The highest BCUT2D eigenvalue weighted by atomic mass is 79.9. The Morgan fingerprint density at radius 2 is 2.05 bits per heavy atom. The Balaban J connectivity index is 1.86. The van der Waals surface area contributed by atoms with Crippen LogP contribution in [0.1, 0.15) is 30.7 Å². The fraction of sp³-hybridized carbons (Fsp3) is 0.467. The Morgan fingerprint density at radius 1 is 1.37 bits per heavy atom. The third-order valence-corrected chi connectivity index (χ3v) is 4.94. The molecule has 1 saturated heterocycles. The summed E-state index contributed by atoms with van der Waals surface area (Å²) in [5, 5.41) is 9.50. The van der Waals surface area contributed by atoms with Crippen molar-refractivity contribution in [2.24, 2.45) is 5.41 Å². The number of amides is 1. The van der Waals surface area contributed by atoms with E-state index in [-0.39, 0.29) is 11.8 Å². The van der Waals surface area contributed by atoms with Crippen molar-refractivity contribution in [1.29, 1.82) is 5.26 Å². The topological polar surface area (TPSA) is 44.1 Å². The highest BCUT2D eigenvalue weighted by molar-refractivity contribution is 9.10. The summed E-state index contributed by atoms with van der Waals surface area (Å²) in [6, 6.07) is 10.2. The first-order valence-corrected chi connectivity index (χ1v) is 7.43. The zero-order chi connectivity index (χ0) is 13.5. The molecule has 1 aromatic rings. The normalized spacial score (nSPS) is 29.1. The van der Waals surface area contributed by atoms with E-state index in [1.807, 2.05) is 29.2 Å². The molecule has 98 valence electrons. The van der Waals surface area contributed by atoms with E-state index in [1.54, 1.807) is 0 Å². The molecule has 1 aromatic carbocycles. The van der Waals surface area contributed by atoms with Crippen molar-refractivity contribution in [3.05, 3.63) is 34.3 Å². The highest BCUT2D eigenvalue weighted by Crippen LogP contribution is 2.61. The van der Waals surface area contributed by atoms with Gasteiger partial charge in [-0.2, -0.15) is 5.26 Å². The fourth-order valence-electron chi connectivity index (χ4n) is 3.01. The van der Waals surface area contributed by atoms with E-state index in [2.05, 4.69) is 22.0 Å². The molecule has 3 rings (SSSR count). The molecular formula is C15H15BrN2O. The molecule has 0 aromatic heterocycles. The van der Waals surface area contributed by atoms with Crippen molar-refractivity contribution < 1.29 is 4.79 Å². The Bertz CT molecular complexity index is 560. The maximum Gasteiger partial charge on any atom is 0.243 e. The van der Waals surface area contributed by atoms with E-state index >= 15 is 0 Å². The van der Waals surface area contributed by atoms with Crippen LogP contribution >= 0.6 is 15.9 Å². The summed E-state index contributed by atoms with van der Waals surface area (Å²) in [5.74, 6) is 0.0782. The van der Waals surface area contributed by atoms with Gasteiger partial charge in [0.15, 0.2) is 0 Å². The van der Waals surface area contributed by atoms with Crippen LogP contribution in [0.5, 0.6) is 0 Å². The molecule has 2 atom stereocenters. The van der Waals surface area contributed by atoms with Crippen molar-refractivity contribution in [1.82, 2.24) is 4.90 Å². The standard InChI is InChI=1S/C15H15BrN2O/c16-13-6-2-1-5-11(13)12-9-15(12,10-17)14(19)18-7-3-4-8-18/h1-2,5-6,12H,3-4,7-9H2/t12-,15-/m1/s1. The van der Waals surface area contributed by atoms with E-state index in [9.17, 15) is 10.1 Å². The smallest absolute Gasteiger partial charge is 0.243 e. The van der Waals surface area contributed by atoms with Gasteiger partial charge in [0.05, 0.1) is 6.07 Å². The van der Waals surface area contributed by atoms with Crippen molar-refractivity contribution >= 4 is 21.8 Å². The van der Waals surface area contributed by atoms with Gasteiger partial charge in [0.25, 0.3) is 0 Å². The molecule has 4 heteroatoms. The van der Waals surface area contributed by atoms with Gasteiger partial charge in [-0.3, -0.25) is 4.79 Å². The monoisotopic (exact) mass is 318 g/mol. The number of hydrogen-bond donors (Lipinski definition) is 0. The molecule has 0 N–H and O–H groups in total. The van der Waals surface area contributed by atoms with Crippen molar-refractivity contribution in [2.75, 3.05) is 13.1 Å². The van der Waals surface area contributed by atoms with Crippen LogP contribution < -0.4 is 0 Å². The molecule has 3 nitrogen and oxygen atoms in total. The van der Waals surface area contributed by atoms with Crippen LogP contribution in [-0.2, 0) is 4.79 Å². The predicted molar refractivity (Wildman–Crippen MR) is 75.4 cm³/mol. The van der Waals surface area contributed by atoms with Crippen LogP contribution in [0.2, 0.25) is 0 Å². The second-order valence-corrected chi connectivity index (χ2v) is 6.22. The Kier molecular flexibility index (Phi) is 3.10. The van der Waals surface area contributed by atoms with E-state index in [0.29, 0.717) is 6.42 Å². The highest BCUT2D eigenvalue weighted by Gasteiger charge is 2.63. The average Bonchev–Trinajstić information content (AvgIpc) is 2.92. The zero-order valence-corrected chi connectivity index (χ0v) is 12.2. The van der Waals surface area contributed by atoms with Gasteiger partial charge in [-0.25, -0.2) is 0 Å². The lowest BCUT2D eigenvalue weighted by Crippen LogP contribution is -2.35. The SMILES string of the molecule is N#C[C@]1(C(=O)N2CCCC2)C[C@@H]1c1ccccc1Br. The Labute approximate surface area is 121 Å². The summed E-state index contributed by atoms with van der Waals surface area (Å²) < 4.78 is 0.992. The van der Waals surface area contributed by atoms with Crippen LogP contribution in [0, 0.1) is 16.7 Å². The third kappa shape index (κ3) is 1.97. The molecular weight excluding hydrogens is 304 g/mol. The number of nitrogens with zero attached hydrogens (tertiary/aromatic N) is 2. The molecule has 2 aliphatic rings. The van der Waals surface area contributed by atoms with Gasteiger partial charge in [-0.15, -0.1) is 0 Å². The summed E-state index contributed by atoms with van der Waals surface area (Å²) in [6.45, 7) is 1.62. The van der Waals surface area contributed by atoms with Crippen molar-refractivity contribution in [2.45, 2.75) is 25.2 Å². The summed E-state index contributed by atoms with van der Waals surface area (Å²) in [7, 11) is 0. The van der Waals surface area contributed by atoms with Gasteiger partial charge in [-0.1, -0.05) is 34.1 Å². The van der Waals surface area contributed by atoms with Gasteiger partial charge >= 0.3 is 0 Å². The summed E-state index contributed by atoms with van der Waals surface area (Å²) in [5.41, 5.74) is 0.269. The minimum absolute atomic E-state index is 0.0354. The third-order valence-electron chi connectivity index (χ3n) is 4.22. The number of benzene rings is 1.